The van der Waals surface area contributed by atoms with Gasteiger partial charge in [-0.1, -0.05) is 6.92 Å². The molecular weight excluding hydrogens is 186 g/mol. The lowest BCUT2D eigenvalue weighted by Gasteiger charge is -2.15. The summed E-state index contributed by atoms with van der Waals surface area (Å²) in [6.45, 7) is 3.18. The van der Waals surface area contributed by atoms with Crippen molar-refractivity contribution in [1.29, 1.82) is 0 Å². The molecule has 0 spiro atoms. The highest BCUT2D eigenvalue weighted by Gasteiger charge is 2.25. The van der Waals surface area contributed by atoms with Crippen molar-refractivity contribution in [3.05, 3.63) is 24.0 Å². The Morgan fingerprint density at radius 3 is 2.93 bits per heavy atom. The largest absolute Gasteiger partial charge is 0.265 e. The van der Waals surface area contributed by atoms with Crippen LogP contribution in [0.15, 0.2) is 23.4 Å². The van der Waals surface area contributed by atoms with E-state index in [1.165, 1.54) is 24.2 Å². The molecular formula is C12H15N3. The SMILES string of the molecule is CC1C=NN(c2ccnc(C3CC3)c2)C1. The van der Waals surface area contributed by atoms with Crippen molar-refractivity contribution in [3.8, 4) is 0 Å². The van der Waals surface area contributed by atoms with Crippen molar-refractivity contribution < 1.29 is 0 Å². The molecule has 2 heterocycles. The Morgan fingerprint density at radius 2 is 2.27 bits per heavy atom. The van der Waals surface area contributed by atoms with E-state index in [1.54, 1.807) is 0 Å². The second kappa shape index (κ2) is 3.33. The quantitative estimate of drug-likeness (QED) is 0.735. The molecule has 0 radical (unpaired) electrons. The summed E-state index contributed by atoms with van der Waals surface area (Å²) in [5.74, 6) is 1.27. The van der Waals surface area contributed by atoms with Crippen LogP contribution >= 0.6 is 0 Å². The first-order valence-electron chi connectivity index (χ1n) is 5.60. The van der Waals surface area contributed by atoms with Gasteiger partial charge >= 0.3 is 0 Å². The molecule has 1 saturated carbocycles. The van der Waals surface area contributed by atoms with E-state index in [2.05, 4.69) is 28.1 Å². The Bertz CT molecular complexity index is 396. The molecule has 0 aromatic carbocycles. The Morgan fingerprint density at radius 1 is 1.40 bits per heavy atom. The highest BCUT2D eigenvalue weighted by Crippen LogP contribution is 2.39. The van der Waals surface area contributed by atoms with Crippen molar-refractivity contribution >= 4 is 11.9 Å². The third-order valence-electron chi connectivity index (χ3n) is 2.98. The second-order valence-corrected chi connectivity index (χ2v) is 4.54. The zero-order chi connectivity index (χ0) is 10.3. The van der Waals surface area contributed by atoms with Gasteiger partial charge in [0.2, 0.25) is 0 Å². The summed E-state index contributed by atoms with van der Waals surface area (Å²) in [6, 6.07) is 4.23. The minimum atomic E-state index is 0.558. The first-order chi connectivity index (χ1) is 7.33. The smallest absolute Gasteiger partial charge is 0.0627 e. The first-order valence-corrected chi connectivity index (χ1v) is 5.60. The lowest BCUT2D eigenvalue weighted by molar-refractivity contribution is 0.779. The van der Waals surface area contributed by atoms with E-state index in [4.69, 9.17) is 0 Å². The van der Waals surface area contributed by atoms with Crippen LogP contribution in [0.25, 0.3) is 0 Å². The number of pyridine rings is 1. The fourth-order valence-electron chi connectivity index (χ4n) is 1.93. The van der Waals surface area contributed by atoms with Crippen LogP contribution < -0.4 is 5.01 Å². The third kappa shape index (κ3) is 1.74. The molecule has 3 heteroatoms. The lowest BCUT2D eigenvalue weighted by Crippen LogP contribution is -2.16. The summed E-state index contributed by atoms with van der Waals surface area (Å²) in [7, 11) is 0. The van der Waals surface area contributed by atoms with Crippen LogP contribution in [0, 0.1) is 5.92 Å². The summed E-state index contributed by atoms with van der Waals surface area (Å²) in [6.07, 6.45) is 6.52. The van der Waals surface area contributed by atoms with E-state index in [1.807, 2.05) is 18.5 Å². The van der Waals surface area contributed by atoms with E-state index in [0.717, 1.165) is 6.54 Å². The highest BCUT2D eigenvalue weighted by molar-refractivity contribution is 5.67. The van der Waals surface area contributed by atoms with Gasteiger partial charge < -0.3 is 0 Å². The van der Waals surface area contributed by atoms with E-state index < -0.39 is 0 Å². The number of aromatic nitrogens is 1. The van der Waals surface area contributed by atoms with Crippen molar-refractivity contribution in [2.24, 2.45) is 11.0 Å². The molecule has 1 fully saturated rings. The van der Waals surface area contributed by atoms with Crippen LogP contribution in [-0.2, 0) is 0 Å². The van der Waals surface area contributed by atoms with Crippen LogP contribution in [0.1, 0.15) is 31.4 Å². The molecule has 0 bridgehead atoms. The number of hydrogen-bond acceptors (Lipinski definition) is 3. The highest BCUT2D eigenvalue weighted by atomic mass is 15.5. The monoisotopic (exact) mass is 201 g/mol. The molecule has 15 heavy (non-hydrogen) atoms. The van der Waals surface area contributed by atoms with Gasteiger partial charge in [0.25, 0.3) is 0 Å². The van der Waals surface area contributed by atoms with Gasteiger partial charge in [0.15, 0.2) is 0 Å². The predicted octanol–water partition coefficient (Wildman–Crippen LogP) is 2.40. The molecule has 1 atom stereocenters. The van der Waals surface area contributed by atoms with E-state index >= 15 is 0 Å². The zero-order valence-corrected chi connectivity index (χ0v) is 8.93. The molecule has 1 unspecified atom stereocenters. The standard InChI is InChI=1S/C12H15N3/c1-9-7-14-15(8-9)11-4-5-13-12(6-11)10-2-3-10/h4-7,9-10H,2-3,8H2,1H3. The maximum atomic E-state index is 4.41. The van der Waals surface area contributed by atoms with Gasteiger partial charge in [0.1, 0.15) is 0 Å². The third-order valence-corrected chi connectivity index (χ3v) is 2.98. The van der Waals surface area contributed by atoms with Crippen LogP contribution in [-0.4, -0.2) is 17.7 Å². The maximum absolute atomic E-state index is 4.41. The topological polar surface area (TPSA) is 28.5 Å². The molecule has 0 amide bonds. The molecule has 78 valence electrons. The number of hydrogen-bond donors (Lipinski definition) is 0. The van der Waals surface area contributed by atoms with E-state index in [0.29, 0.717) is 11.8 Å². The predicted molar refractivity (Wildman–Crippen MR) is 61.2 cm³/mol. The molecule has 1 aromatic heterocycles. The van der Waals surface area contributed by atoms with Gasteiger partial charge in [0.05, 0.1) is 5.69 Å². The minimum absolute atomic E-state index is 0.558. The van der Waals surface area contributed by atoms with Crippen LogP contribution in [0.3, 0.4) is 0 Å². The summed E-state index contributed by atoms with van der Waals surface area (Å²) < 4.78 is 0. The molecule has 1 aliphatic carbocycles. The molecule has 3 nitrogen and oxygen atoms in total. The van der Waals surface area contributed by atoms with Crippen LogP contribution in [0.5, 0.6) is 0 Å². The van der Waals surface area contributed by atoms with Gasteiger partial charge in [-0.15, -0.1) is 0 Å². The van der Waals surface area contributed by atoms with Crippen molar-refractivity contribution in [2.45, 2.75) is 25.7 Å². The van der Waals surface area contributed by atoms with Gasteiger partial charge in [-0.2, -0.15) is 5.10 Å². The number of nitrogens with zero attached hydrogens (tertiary/aromatic N) is 3. The fourth-order valence-corrected chi connectivity index (χ4v) is 1.93. The zero-order valence-electron chi connectivity index (χ0n) is 8.93. The summed E-state index contributed by atoms with van der Waals surface area (Å²) in [4.78, 5) is 4.41. The average molecular weight is 201 g/mol. The fraction of sp³-hybridized carbons (Fsp3) is 0.500. The summed E-state index contributed by atoms with van der Waals surface area (Å²) in [5, 5.41) is 6.46. The van der Waals surface area contributed by atoms with Crippen LogP contribution in [0.4, 0.5) is 5.69 Å². The molecule has 1 aromatic rings. The molecule has 0 N–H and O–H groups in total. The normalized spacial score (nSPS) is 24.9. The average Bonchev–Trinajstić information content (AvgIpc) is 3.02. The molecule has 0 saturated heterocycles. The van der Waals surface area contributed by atoms with Crippen molar-refractivity contribution in [1.82, 2.24) is 4.98 Å². The molecule has 3 rings (SSSR count). The first kappa shape index (κ1) is 8.89. The van der Waals surface area contributed by atoms with Crippen LogP contribution in [0.2, 0.25) is 0 Å². The summed E-state index contributed by atoms with van der Waals surface area (Å²) in [5.41, 5.74) is 2.43. The minimum Gasteiger partial charge on any atom is -0.265 e. The van der Waals surface area contributed by atoms with Gasteiger partial charge in [0, 0.05) is 36.5 Å². The maximum Gasteiger partial charge on any atom is 0.0627 e. The molecule has 1 aliphatic heterocycles. The van der Waals surface area contributed by atoms with Crippen molar-refractivity contribution in [3.63, 3.8) is 0 Å². The molecule has 2 aliphatic rings. The summed E-state index contributed by atoms with van der Waals surface area (Å²) >= 11 is 0. The Hall–Kier alpha value is -1.38. The Kier molecular flexibility index (Phi) is 1.97. The number of rotatable bonds is 2. The second-order valence-electron chi connectivity index (χ2n) is 4.54. The van der Waals surface area contributed by atoms with Crippen molar-refractivity contribution in [2.75, 3.05) is 11.6 Å². The van der Waals surface area contributed by atoms with Gasteiger partial charge in [-0.3, -0.25) is 9.99 Å². The number of anilines is 1. The van der Waals surface area contributed by atoms with Gasteiger partial charge in [-0.05, 0) is 25.0 Å². The Labute approximate surface area is 89.8 Å². The van der Waals surface area contributed by atoms with E-state index in [-0.39, 0.29) is 0 Å². The Balaban J connectivity index is 1.85. The van der Waals surface area contributed by atoms with Gasteiger partial charge in [-0.25, -0.2) is 0 Å². The van der Waals surface area contributed by atoms with E-state index in [9.17, 15) is 0 Å². The lowest BCUT2D eigenvalue weighted by atomic mass is 10.2. The number of hydrazone groups is 1.